The molecule has 1 aromatic rings. The normalized spacial score (nSPS) is 21.8. The topological polar surface area (TPSA) is 57.6 Å². The maximum Gasteiger partial charge on any atom is 0.411 e. The van der Waals surface area contributed by atoms with E-state index in [2.05, 4.69) is 15.9 Å². The van der Waals surface area contributed by atoms with Crippen LogP contribution in [0, 0.1) is 0 Å². The summed E-state index contributed by atoms with van der Waals surface area (Å²) in [6.07, 6.45) is 1.72. The SMILES string of the molecule is O=C1CCCN(C(=O)O)c2c1ccc1c2CC(Br)C1. The first-order valence-electron chi connectivity index (χ1n) is 6.40. The minimum atomic E-state index is -0.970. The lowest BCUT2D eigenvalue weighted by Crippen LogP contribution is -2.31. The number of hydrogen-bond donors (Lipinski definition) is 1. The Balaban J connectivity index is 2.21. The van der Waals surface area contributed by atoms with Crippen LogP contribution < -0.4 is 4.90 Å². The molecular formula is C14H14BrNO3. The molecule has 1 heterocycles. The van der Waals surface area contributed by atoms with E-state index >= 15 is 0 Å². The van der Waals surface area contributed by atoms with Crippen LogP contribution in [0.5, 0.6) is 0 Å². The van der Waals surface area contributed by atoms with Gasteiger partial charge in [-0.05, 0) is 36.5 Å². The molecule has 4 nitrogen and oxygen atoms in total. The number of carbonyl (C=O) groups excluding carboxylic acids is 1. The maximum atomic E-state index is 12.1. The fourth-order valence-corrected chi connectivity index (χ4v) is 3.67. The largest absolute Gasteiger partial charge is 0.465 e. The third kappa shape index (κ3) is 2.06. The Morgan fingerprint density at radius 3 is 2.89 bits per heavy atom. The molecule has 1 amide bonds. The van der Waals surface area contributed by atoms with Gasteiger partial charge in [0, 0.05) is 23.4 Å². The first-order valence-corrected chi connectivity index (χ1v) is 7.32. The minimum Gasteiger partial charge on any atom is -0.465 e. The Hall–Kier alpha value is -1.36. The molecule has 5 heteroatoms. The van der Waals surface area contributed by atoms with Crippen molar-refractivity contribution in [1.82, 2.24) is 0 Å². The molecule has 1 atom stereocenters. The molecular weight excluding hydrogens is 310 g/mol. The highest BCUT2D eigenvalue weighted by Gasteiger charge is 2.32. The number of rotatable bonds is 0. The Bertz CT molecular complexity index is 570. The van der Waals surface area contributed by atoms with Gasteiger partial charge in [0.25, 0.3) is 0 Å². The molecule has 1 N–H and O–H groups in total. The van der Waals surface area contributed by atoms with E-state index in [4.69, 9.17) is 0 Å². The van der Waals surface area contributed by atoms with Crippen molar-refractivity contribution < 1.29 is 14.7 Å². The van der Waals surface area contributed by atoms with Crippen molar-refractivity contribution in [2.45, 2.75) is 30.5 Å². The molecule has 2 aliphatic rings. The van der Waals surface area contributed by atoms with E-state index in [0.29, 0.717) is 35.5 Å². The number of halogens is 1. The van der Waals surface area contributed by atoms with E-state index in [1.807, 2.05) is 6.07 Å². The Kier molecular flexibility index (Phi) is 3.09. The number of hydrogen-bond acceptors (Lipinski definition) is 2. The van der Waals surface area contributed by atoms with Crippen LogP contribution in [0.3, 0.4) is 0 Å². The first kappa shape index (κ1) is 12.7. The lowest BCUT2D eigenvalue weighted by molar-refractivity contribution is 0.0983. The smallest absolute Gasteiger partial charge is 0.411 e. The van der Waals surface area contributed by atoms with Crippen molar-refractivity contribution in [1.29, 1.82) is 0 Å². The summed E-state index contributed by atoms with van der Waals surface area (Å²) in [4.78, 5) is 25.3. The van der Waals surface area contributed by atoms with E-state index in [-0.39, 0.29) is 5.78 Å². The second-order valence-corrected chi connectivity index (χ2v) is 6.36. The van der Waals surface area contributed by atoms with Crippen LogP contribution >= 0.6 is 15.9 Å². The fourth-order valence-electron chi connectivity index (χ4n) is 3.00. The third-order valence-electron chi connectivity index (χ3n) is 3.83. The number of amides is 1. The lowest BCUT2D eigenvalue weighted by Gasteiger charge is -2.22. The molecule has 0 fully saturated rings. The fraction of sp³-hybridized carbons (Fsp3) is 0.429. The number of alkyl halides is 1. The molecule has 3 rings (SSSR count). The summed E-state index contributed by atoms with van der Waals surface area (Å²) in [5.41, 5.74) is 3.38. The van der Waals surface area contributed by atoms with Gasteiger partial charge in [-0.3, -0.25) is 9.69 Å². The molecule has 0 saturated carbocycles. The molecule has 0 radical (unpaired) electrons. The summed E-state index contributed by atoms with van der Waals surface area (Å²) in [5.74, 6) is 0.0552. The van der Waals surface area contributed by atoms with Gasteiger partial charge in [0.15, 0.2) is 5.78 Å². The predicted octanol–water partition coefficient (Wildman–Crippen LogP) is 3.01. The van der Waals surface area contributed by atoms with Gasteiger partial charge < -0.3 is 5.11 Å². The van der Waals surface area contributed by atoms with Gasteiger partial charge in [0.05, 0.1) is 5.69 Å². The van der Waals surface area contributed by atoms with Crippen LogP contribution in [-0.2, 0) is 12.8 Å². The van der Waals surface area contributed by atoms with Crippen LogP contribution in [0.25, 0.3) is 0 Å². The maximum absolute atomic E-state index is 12.1. The number of benzene rings is 1. The average Bonchev–Trinajstić information content (AvgIpc) is 2.64. The van der Waals surface area contributed by atoms with Crippen LogP contribution in [0.1, 0.15) is 34.3 Å². The van der Waals surface area contributed by atoms with E-state index in [9.17, 15) is 14.7 Å². The average molecular weight is 324 g/mol. The summed E-state index contributed by atoms with van der Waals surface area (Å²) < 4.78 is 0. The van der Waals surface area contributed by atoms with Crippen LogP contribution in [0.2, 0.25) is 0 Å². The Morgan fingerprint density at radius 2 is 2.16 bits per heavy atom. The van der Waals surface area contributed by atoms with Gasteiger partial charge in [0.1, 0.15) is 0 Å². The number of Topliss-reactive ketones (excluding diaryl/α,β-unsaturated/α-hetero) is 1. The summed E-state index contributed by atoms with van der Waals surface area (Å²) >= 11 is 3.59. The second-order valence-electron chi connectivity index (χ2n) is 5.07. The van der Waals surface area contributed by atoms with Crippen LogP contribution in [0.15, 0.2) is 12.1 Å². The van der Waals surface area contributed by atoms with Crippen molar-refractivity contribution in [3.05, 3.63) is 28.8 Å². The minimum absolute atomic E-state index is 0.0552. The van der Waals surface area contributed by atoms with Gasteiger partial charge in [0.2, 0.25) is 0 Å². The van der Waals surface area contributed by atoms with E-state index in [1.54, 1.807) is 6.07 Å². The molecule has 1 aliphatic carbocycles. The van der Waals surface area contributed by atoms with Crippen molar-refractivity contribution in [3.8, 4) is 0 Å². The summed E-state index contributed by atoms with van der Waals surface area (Å²) in [5, 5.41) is 9.40. The van der Waals surface area contributed by atoms with Gasteiger partial charge in [-0.1, -0.05) is 22.0 Å². The second kappa shape index (κ2) is 4.63. The molecule has 0 aromatic heterocycles. The van der Waals surface area contributed by atoms with Crippen molar-refractivity contribution in [2.24, 2.45) is 0 Å². The molecule has 100 valence electrons. The number of carboxylic acid groups (broad SMARTS) is 1. The summed E-state index contributed by atoms with van der Waals surface area (Å²) in [7, 11) is 0. The van der Waals surface area contributed by atoms with Gasteiger partial charge in [-0.15, -0.1) is 0 Å². The van der Waals surface area contributed by atoms with E-state index < -0.39 is 6.09 Å². The molecule has 1 aliphatic heterocycles. The molecule has 19 heavy (non-hydrogen) atoms. The van der Waals surface area contributed by atoms with Gasteiger partial charge in [-0.25, -0.2) is 4.79 Å². The van der Waals surface area contributed by atoms with Crippen molar-refractivity contribution in [2.75, 3.05) is 11.4 Å². The van der Waals surface area contributed by atoms with E-state index in [1.165, 1.54) is 4.90 Å². The zero-order valence-electron chi connectivity index (χ0n) is 10.4. The van der Waals surface area contributed by atoms with Gasteiger partial charge in [-0.2, -0.15) is 0 Å². The first-order chi connectivity index (χ1) is 9.08. The third-order valence-corrected chi connectivity index (χ3v) is 4.48. The Labute approximate surface area is 119 Å². The number of fused-ring (bicyclic) bond motifs is 3. The molecule has 1 unspecified atom stereocenters. The Morgan fingerprint density at radius 1 is 1.37 bits per heavy atom. The number of nitrogens with zero attached hydrogens (tertiary/aromatic N) is 1. The lowest BCUT2D eigenvalue weighted by atomic mass is 9.99. The molecule has 0 bridgehead atoms. The van der Waals surface area contributed by atoms with Crippen LogP contribution in [0.4, 0.5) is 10.5 Å². The van der Waals surface area contributed by atoms with Crippen molar-refractivity contribution in [3.63, 3.8) is 0 Å². The predicted molar refractivity (Wildman–Crippen MR) is 75.5 cm³/mol. The monoisotopic (exact) mass is 323 g/mol. The quantitative estimate of drug-likeness (QED) is 0.747. The van der Waals surface area contributed by atoms with Gasteiger partial charge >= 0.3 is 6.09 Å². The number of anilines is 1. The van der Waals surface area contributed by atoms with E-state index in [0.717, 1.165) is 24.0 Å². The number of ketones is 1. The standard InChI is InChI=1S/C14H14BrNO3/c15-9-6-8-3-4-10-12(17)2-1-5-16(14(18)19)13(10)11(8)7-9/h3-4,9H,1-2,5-7H2,(H,18,19). The molecule has 1 aromatic carbocycles. The molecule has 0 saturated heterocycles. The highest BCUT2D eigenvalue weighted by Crippen LogP contribution is 2.38. The number of carbonyl (C=O) groups is 2. The van der Waals surface area contributed by atoms with Crippen LogP contribution in [-0.4, -0.2) is 28.4 Å². The summed E-state index contributed by atoms with van der Waals surface area (Å²) in [6.45, 7) is 0.400. The summed E-state index contributed by atoms with van der Waals surface area (Å²) in [6, 6.07) is 3.77. The zero-order chi connectivity index (χ0) is 13.6. The molecule has 0 spiro atoms. The highest BCUT2D eigenvalue weighted by atomic mass is 79.9. The highest BCUT2D eigenvalue weighted by molar-refractivity contribution is 9.09. The zero-order valence-corrected chi connectivity index (χ0v) is 11.9. The van der Waals surface area contributed by atoms with Crippen molar-refractivity contribution >= 4 is 33.5 Å².